The first kappa shape index (κ1) is 15.0. The monoisotopic (exact) mass is 284 g/mol. The number of benzene rings is 1. The second-order valence-electron chi connectivity index (χ2n) is 5.25. The first-order valence-electron chi connectivity index (χ1n) is 7.02. The quantitative estimate of drug-likeness (QED) is 0.912. The molecule has 0 saturated carbocycles. The van der Waals surface area contributed by atoms with Crippen molar-refractivity contribution in [2.75, 3.05) is 0 Å². The average Bonchev–Trinajstić information content (AvgIpc) is 2.46. The summed E-state index contributed by atoms with van der Waals surface area (Å²) < 4.78 is 1.51. The molecule has 0 unspecified atom stereocenters. The molecule has 1 aromatic carbocycles. The van der Waals surface area contributed by atoms with Crippen LogP contribution >= 0.6 is 0 Å². The fraction of sp³-hybridized carbons (Fsp3) is 0.294. The fourth-order valence-corrected chi connectivity index (χ4v) is 2.17. The highest BCUT2D eigenvalue weighted by Crippen LogP contribution is 2.06. The summed E-state index contributed by atoms with van der Waals surface area (Å²) >= 11 is 0. The lowest BCUT2D eigenvalue weighted by Gasteiger charge is -2.07. The molecule has 0 fully saturated rings. The highest BCUT2D eigenvalue weighted by Gasteiger charge is 2.03. The molecular weight excluding hydrogens is 264 g/mol. The van der Waals surface area contributed by atoms with Gasteiger partial charge in [0.25, 0.3) is 0 Å². The van der Waals surface area contributed by atoms with Gasteiger partial charge < -0.3 is 9.88 Å². The molecule has 0 radical (unpaired) electrons. The molecule has 0 aliphatic heterocycles. The third-order valence-corrected chi connectivity index (χ3v) is 3.36. The van der Waals surface area contributed by atoms with Gasteiger partial charge in [-0.3, -0.25) is 9.59 Å². The number of nitrogens with one attached hydrogen (secondary N) is 1. The summed E-state index contributed by atoms with van der Waals surface area (Å²) in [7, 11) is 1.70. The Bertz CT molecular complexity index is 689. The molecule has 1 amide bonds. The molecule has 2 aromatic rings. The predicted molar refractivity (Wildman–Crippen MR) is 83.0 cm³/mol. The summed E-state index contributed by atoms with van der Waals surface area (Å²) in [6.45, 7) is 2.49. The van der Waals surface area contributed by atoms with Crippen molar-refractivity contribution in [2.45, 2.75) is 26.3 Å². The molecule has 0 saturated heterocycles. The van der Waals surface area contributed by atoms with Crippen molar-refractivity contribution in [2.24, 2.45) is 7.05 Å². The van der Waals surface area contributed by atoms with E-state index in [1.54, 1.807) is 19.3 Å². The van der Waals surface area contributed by atoms with E-state index in [9.17, 15) is 9.59 Å². The van der Waals surface area contributed by atoms with E-state index in [-0.39, 0.29) is 11.5 Å². The third kappa shape index (κ3) is 4.60. The van der Waals surface area contributed by atoms with Crippen LogP contribution in [0.25, 0.3) is 0 Å². The van der Waals surface area contributed by atoms with Crippen LogP contribution < -0.4 is 10.9 Å². The minimum Gasteiger partial charge on any atom is -0.352 e. The largest absolute Gasteiger partial charge is 0.352 e. The zero-order chi connectivity index (χ0) is 15.2. The number of pyridine rings is 1. The van der Waals surface area contributed by atoms with Gasteiger partial charge in [-0.1, -0.05) is 35.9 Å². The van der Waals surface area contributed by atoms with Crippen molar-refractivity contribution in [3.63, 3.8) is 0 Å². The zero-order valence-corrected chi connectivity index (χ0v) is 12.4. The van der Waals surface area contributed by atoms with E-state index in [1.165, 1.54) is 21.8 Å². The Labute approximate surface area is 124 Å². The minimum absolute atomic E-state index is 0.0189. The Hall–Kier alpha value is -2.36. The Kier molecular flexibility index (Phi) is 4.93. The molecule has 4 nitrogen and oxygen atoms in total. The van der Waals surface area contributed by atoms with Gasteiger partial charge in [0.1, 0.15) is 0 Å². The van der Waals surface area contributed by atoms with Gasteiger partial charge in [0, 0.05) is 32.3 Å². The van der Waals surface area contributed by atoms with Crippen molar-refractivity contribution in [1.82, 2.24) is 9.88 Å². The van der Waals surface area contributed by atoms with Crippen LogP contribution in [0.15, 0.2) is 47.4 Å². The van der Waals surface area contributed by atoms with Crippen LogP contribution in [0.3, 0.4) is 0 Å². The van der Waals surface area contributed by atoms with Gasteiger partial charge in [-0.15, -0.1) is 0 Å². The molecule has 1 N–H and O–H groups in total. The van der Waals surface area contributed by atoms with Gasteiger partial charge in [-0.2, -0.15) is 0 Å². The summed E-state index contributed by atoms with van der Waals surface area (Å²) in [5, 5.41) is 2.88. The van der Waals surface area contributed by atoms with Crippen LogP contribution in [-0.4, -0.2) is 10.5 Å². The number of aromatic nitrogens is 1. The molecule has 0 aliphatic carbocycles. The second-order valence-corrected chi connectivity index (χ2v) is 5.25. The zero-order valence-electron chi connectivity index (χ0n) is 12.4. The van der Waals surface area contributed by atoms with Gasteiger partial charge in [0.15, 0.2) is 0 Å². The molecule has 0 bridgehead atoms. The van der Waals surface area contributed by atoms with Crippen molar-refractivity contribution >= 4 is 5.91 Å². The van der Waals surface area contributed by atoms with Crippen LogP contribution in [0.5, 0.6) is 0 Å². The van der Waals surface area contributed by atoms with Crippen molar-refractivity contribution in [3.8, 4) is 0 Å². The van der Waals surface area contributed by atoms with Gasteiger partial charge >= 0.3 is 0 Å². The number of rotatable bonds is 5. The highest BCUT2D eigenvalue weighted by molar-refractivity contribution is 5.76. The van der Waals surface area contributed by atoms with Crippen LogP contribution in [0.2, 0.25) is 0 Å². The van der Waals surface area contributed by atoms with Crippen LogP contribution in [0.4, 0.5) is 0 Å². The molecule has 1 aromatic heterocycles. The Morgan fingerprint density at radius 1 is 1.19 bits per heavy atom. The van der Waals surface area contributed by atoms with Crippen molar-refractivity contribution in [3.05, 3.63) is 69.6 Å². The number of amides is 1. The lowest BCUT2D eigenvalue weighted by Crippen LogP contribution is -2.24. The number of carbonyl (C=O) groups is 1. The van der Waals surface area contributed by atoms with Crippen molar-refractivity contribution < 1.29 is 4.79 Å². The van der Waals surface area contributed by atoms with Gasteiger partial charge in [0.05, 0.1) is 0 Å². The average molecular weight is 284 g/mol. The topological polar surface area (TPSA) is 51.1 Å². The SMILES string of the molecule is Cc1cccc(CCC(=O)NCc2ccc(=O)n(C)c2)c1. The second kappa shape index (κ2) is 6.88. The maximum absolute atomic E-state index is 11.8. The van der Waals surface area contributed by atoms with E-state index < -0.39 is 0 Å². The van der Waals surface area contributed by atoms with E-state index in [2.05, 4.69) is 11.4 Å². The standard InChI is InChI=1S/C17H20N2O2/c1-13-4-3-5-14(10-13)6-8-16(20)18-11-15-7-9-17(21)19(2)12-15/h3-5,7,9-10,12H,6,8,11H2,1-2H3,(H,18,20). The van der Waals surface area contributed by atoms with Crippen molar-refractivity contribution in [1.29, 1.82) is 0 Å². The first-order valence-corrected chi connectivity index (χ1v) is 7.02. The summed E-state index contributed by atoms with van der Waals surface area (Å²) in [5.74, 6) is 0.0189. The van der Waals surface area contributed by atoms with Crippen LogP contribution in [0, 0.1) is 6.92 Å². The molecular formula is C17H20N2O2. The van der Waals surface area contributed by atoms with Crippen LogP contribution in [-0.2, 0) is 24.8 Å². The van der Waals surface area contributed by atoms with Gasteiger partial charge in [-0.25, -0.2) is 0 Å². The van der Waals surface area contributed by atoms with E-state index in [0.29, 0.717) is 13.0 Å². The predicted octanol–water partition coefficient (Wildman–Crippen LogP) is 1.94. The van der Waals surface area contributed by atoms with E-state index in [1.807, 2.05) is 25.1 Å². The summed E-state index contributed by atoms with van der Waals surface area (Å²) in [6, 6.07) is 11.4. The third-order valence-electron chi connectivity index (χ3n) is 3.36. The molecule has 21 heavy (non-hydrogen) atoms. The number of carbonyl (C=O) groups excluding carboxylic acids is 1. The Balaban J connectivity index is 1.82. The summed E-state index contributed by atoms with van der Waals surface area (Å²) in [5.41, 5.74) is 3.25. The van der Waals surface area contributed by atoms with Gasteiger partial charge in [0.2, 0.25) is 11.5 Å². The molecule has 2 rings (SSSR count). The van der Waals surface area contributed by atoms with E-state index in [4.69, 9.17) is 0 Å². The Morgan fingerprint density at radius 2 is 2.00 bits per heavy atom. The van der Waals surface area contributed by atoms with E-state index in [0.717, 1.165) is 12.0 Å². The van der Waals surface area contributed by atoms with E-state index >= 15 is 0 Å². The maximum atomic E-state index is 11.8. The fourth-order valence-electron chi connectivity index (χ4n) is 2.17. The lowest BCUT2D eigenvalue weighted by molar-refractivity contribution is -0.121. The minimum atomic E-state index is -0.0514. The normalized spacial score (nSPS) is 10.4. The lowest BCUT2D eigenvalue weighted by atomic mass is 10.1. The molecule has 0 aliphatic rings. The summed E-state index contributed by atoms with van der Waals surface area (Å²) in [6.07, 6.45) is 2.94. The van der Waals surface area contributed by atoms with Gasteiger partial charge in [-0.05, 0) is 24.5 Å². The molecule has 4 heteroatoms. The maximum Gasteiger partial charge on any atom is 0.250 e. The molecule has 0 spiro atoms. The first-order chi connectivity index (χ1) is 10.0. The summed E-state index contributed by atoms with van der Waals surface area (Å²) in [4.78, 5) is 23.1. The smallest absolute Gasteiger partial charge is 0.250 e. The number of nitrogens with zero attached hydrogens (tertiary/aromatic N) is 1. The number of hydrogen-bond donors (Lipinski definition) is 1. The molecule has 110 valence electrons. The number of hydrogen-bond acceptors (Lipinski definition) is 2. The van der Waals surface area contributed by atoms with Crippen LogP contribution in [0.1, 0.15) is 23.1 Å². The Morgan fingerprint density at radius 3 is 2.71 bits per heavy atom. The highest BCUT2D eigenvalue weighted by atomic mass is 16.1. The molecule has 0 atom stereocenters. The molecule has 1 heterocycles. The number of aryl methyl sites for hydroxylation is 3.